The molecular formula is C27H32N4. The predicted molar refractivity (Wildman–Crippen MR) is 125 cm³/mol. The largest absolute Gasteiger partial charge is 0.308 e. The molecular weight excluding hydrogens is 380 g/mol. The topological polar surface area (TPSA) is 41.1 Å². The Morgan fingerprint density at radius 1 is 0.968 bits per heavy atom. The molecule has 0 bridgehead atoms. The minimum atomic E-state index is 0.378. The fourth-order valence-corrected chi connectivity index (χ4v) is 5.15. The third kappa shape index (κ3) is 4.56. The van der Waals surface area contributed by atoms with Gasteiger partial charge in [-0.3, -0.25) is 14.9 Å². The van der Waals surface area contributed by atoms with Crippen LogP contribution in [0.4, 0.5) is 0 Å². The molecule has 1 aliphatic carbocycles. The zero-order valence-electron chi connectivity index (χ0n) is 18.4. The van der Waals surface area contributed by atoms with Gasteiger partial charge in [0.2, 0.25) is 0 Å². The molecule has 2 atom stereocenters. The molecule has 3 heterocycles. The molecule has 1 N–H and O–H groups in total. The van der Waals surface area contributed by atoms with Gasteiger partial charge in [-0.15, -0.1) is 0 Å². The molecule has 1 aromatic carbocycles. The van der Waals surface area contributed by atoms with E-state index in [1.807, 2.05) is 18.5 Å². The standard InChI is InChI=1S/C27H32N4/c1-2-20-10-12-21(13-11-20)18-31(26-9-3-6-22-7-4-15-29-27(22)26)19-24-16-25-23(17-30-24)8-5-14-28-25/h4-5,7-8,10-15,24,26,30H,2-3,6,9,16-19H2,1H3/t24-,26+/m1/s1. The van der Waals surface area contributed by atoms with Crippen molar-refractivity contribution in [2.75, 3.05) is 6.54 Å². The summed E-state index contributed by atoms with van der Waals surface area (Å²) in [5, 5.41) is 3.77. The third-order valence-electron chi connectivity index (χ3n) is 6.88. The van der Waals surface area contributed by atoms with Crippen molar-refractivity contribution in [1.82, 2.24) is 20.2 Å². The zero-order chi connectivity index (χ0) is 21.0. The summed E-state index contributed by atoms with van der Waals surface area (Å²) in [6, 6.07) is 18.5. The average Bonchev–Trinajstić information content (AvgIpc) is 2.83. The van der Waals surface area contributed by atoms with Gasteiger partial charge in [0.15, 0.2) is 0 Å². The Labute approximate surface area is 185 Å². The monoisotopic (exact) mass is 412 g/mol. The first-order chi connectivity index (χ1) is 15.3. The van der Waals surface area contributed by atoms with E-state index in [1.54, 1.807) is 0 Å². The van der Waals surface area contributed by atoms with Crippen LogP contribution in [0.5, 0.6) is 0 Å². The van der Waals surface area contributed by atoms with E-state index in [2.05, 4.69) is 64.6 Å². The lowest BCUT2D eigenvalue weighted by atomic mass is 9.89. The van der Waals surface area contributed by atoms with Crippen LogP contribution in [0.3, 0.4) is 0 Å². The van der Waals surface area contributed by atoms with E-state index in [1.165, 1.54) is 46.5 Å². The fraction of sp³-hybridized carbons (Fsp3) is 0.407. The molecule has 0 radical (unpaired) electrons. The molecule has 0 fully saturated rings. The van der Waals surface area contributed by atoms with Crippen molar-refractivity contribution in [2.45, 2.75) is 64.2 Å². The molecule has 160 valence electrons. The highest BCUT2D eigenvalue weighted by Gasteiger charge is 2.30. The second kappa shape index (κ2) is 9.29. The third-order valence-corrected chi connectivity index (χ3v) is 6.88. The van der Waals surface area contributed by atoms with Gasteiger partial charge in [0.25, 0.3) is 0 Å². The number of aryl methyl sites for hydroxylation is 2. The molecule has 4 nitrogen and oxygen atoms in total. The molecule has 1 aliphatic heterocycles. The van der Waals surface area contributed by atoms with Gasteiger partial charge in [-0.25, -0.2) is 0 Å². The second-order valence-corrected chi connectivity index (χ2v) is 8.95. The summed E-state index contributed by atoms with van der Waals surface area (Å²) in [7, 11) is 0. The number of pyridine rings is 2. The van der Waals surface area contributed by atoms with Crippen LogP contribution < -0.4 is 5.32 Å². The summed E-state index contributed by atoms with van der Waals surface area (Å²) in [6.07, 6.45) is 9.53. The zero-order valence-corrected chi connectivity index (χ0v) is 18.4. The van der Waals surface area contributed by atoms with Crippen LogP contribution in [0.15, 0.2) is 60.9 Å². The van der Waals surface area contributed by atoms with Crippen LogP contribution in [0.2, 0.25) is 0 Å². The predicted octanol–water partition coefficient (Wildman–Crippen LogP) is 4.63. The summed E-state index contributed by atoms with van der Waals surface area (Å²) in [4.78, 5) is 12.2. The fourth-order valence-electron chi connectivity index (χ4n) is 5.15. The first kappa shape index (κ1) is 20.3. The Kier molecular flexibility index (Phi) is 6.10. The van der Waals surface area contributed by atoms with Crippen molar-refractivity contribution in [3.63, 3.8) is 0 Å². The van der Waals surface area contributed by atoms with Crippen molar-refractivity contribution >= 4 is 0 Å². The van der Waals surface area contributed by atoms with E-state index in [4.69, 9.17) is 4.98 Å². The number of aromatic nitrogens is 2. The van der Waals surface area contributed by atoms with Gasteiger partial charge in [-0.2, -0.15) is 0 Å². The molecule has 4 heteroatoms. The number of hydrogen-bond donors (Lipinski definition) is 1. The van der Waals surface area contributed by atoms with Crippen LogP contribution in [-0.2, 0) is 32.4 Å². The summed E-state index contributed by atoms with van der Waals surface area (Å²) in [6.45, 7) is 5.09. The van der Waals surface area contributed by atoms with E-state index in [0.717, 1.165) is 38.9 Å². The van der Waals surface area contributed by atoms with Crippen LogP contribution in [0.1, 0.15) is 59.4 Å². The highest BCUT2D eigenvalue weighted by Crippen LogP contribution is 2.34. The van der Waals surface area contributed by atoms with Gasteiger partial charge in [0.1, 0.15) is 0 Å². The van der Waals surface area contributed by atoms with E-state index in [9.17, 15) is 0 Å². The van der Waals surface area contributed by atoms with Crippen LogP contribution in [0.25, 0.3) is 0 Å². The maximum atomic E-state index is 4.85. The van der Waals surface area contributed by atoms with E-state index in [-0.39, 0.29) is 0 Å². The van der Waals surface area contributed by atoms with Crippen molar-refractivity contribution in [2.24, 2.45) is 0 Å². The smallest absolute Gasteiger partial charge is 0.0607 e. The Bertz CT molecular complexity index is 1010. The Morgan fingerprint density at radius 2 is 1.74 bits per heavy atom. The lowest BCUT2D eigenvalue weighted by Gasteiger charge is -2.38. The molecule has 5 rings (SSSR count). The number of nitrogens with zero attached hydrogens (tertiary/aromatic N) is 3. The number of rotatable bonds is 6. The molecule has 0 unspecified atom stereocenters. The van der Waals surface area contributed by atoms with Gasteiger partial charge in [-0.05, 0) is 60.1 Å². The maximum absolute atomic E-state index is 4.85. The summed E-state index contributed by atoms with van der Waals surface area (Å²) >= 11 is 0. The SMILES string of the molecule is CCc1ccc(CN(C[C@H]2Cc3ncccc3CN2)[C@H]2CCCc3cccnc32)cc1. The lowest BCUT2D eigenvalue weighted by molar-refractivity contribution is 0.145. The summed E-state index contributed by atoms with van der Waals surface area (Å²) < 4.78 is 0. The summed E-state index contributed by atoms with van der Waals surface area (Å²) in [5.41, 5.74) is 8.08. The minimum absolute atomic E-state index is 0.378. The van der Waals surface area contributed by atoms with Crippen LogP contribution >= 0.6 is 0 Å². The molecule has 31 heavy (non-hydrogen) atoms. The van der Waals surface area contributed by atoms with Crippen molar-refractivity contribution < 1.29 is 0 Å². The van der Waals surface area contributed by atoms with E-state index < -0.39 is 0 Å². The molecule has 0 amide bonds. The highest BCUT2D eigenvalue weighted by atomic mass is 15.2. The lowest BCUT2D eigenvalue weighted by Crippen LogP contribution is -2.46. The second-order valence-electron chi connectivity index (χ2n) is 8.95. The first-order valence-electron chi connectivity index (χ1n) is 11.7. The number of fused-ring (bicyclic) bond motifs is 2. The van der Waals surface area contributed by atoms with Gasteiger partial charge in [-0.1, -0.05) is 43.3 Å². The summed E-state index contributed by atoms with van der Waals surface area (Å²) in [5.74, 6) is 0. The van der Waals surface area contributed by atoms with E-state index >= 15 is 0 Å². The first-order valence-corrected chi connectivity index (χ1v) is 11.7. The minimum Gasteiger partial charge on any atom is -0.308 e. The van der Waals surface area contributed by atoms with E-state index in [0.29, 0.717) is 12.1 Å². The molecule has 0 saturated carbocycles. The molecule has 0 saturated heterocycles. The normalized spacial score (nSPS) is 20.3. The number of benzene rings is 1. The van der Waals surface area contributed by atoms with Crippen LogP contribution in [-0.4, -0.2) is 27.5 Å². The van der Waals surface area contributed by atoms with Crippen LogP contribution in [0, 0.1) is 0 Å². The van der Waals surface area contributed by atoms with Gasteiger partial charge in [0, 0.05) is 50.2 Å². The maximum Gasteiger partial charge on any atom is 0.0607 e. The Morgan fingerprint density at radius 3 is 2.58 bits per heavy atom. The molecule has 2 aliphatic rings. The van der Waals surface area contributed by atoms with Gasteiger partial charge >= 0.3 is 0 Å². The Hall–Kier alpha value is -2.56. The molecule has 0 spiro atoms. The van der Waals surface area contributed by atoms with Gasteiger partial charge in [0.05, 0.1) is 11.7 Å². The van der Waals surface area contributed by atoms with Crippen molar-refractivity contribution in [1.29, 1.82) is 0 Å². The van der Waals surface area contributed by atoms with Crippen molar-refractivity contribution in [3.05, 3.63) is 94.6 Å². The van der Waals surface area contributed by atoms with Crippen molar-refractivity contribution in [3.8, 4) is 0 Å². The number of nitrogens with one attached hydrogen (secondary N) is 1. The Balaban J connectivity index is 1.40. The molecule has 2 aromatic heterocycles. The average molecular weight is 413 g/mol. The number of hydrogen-bond acceptors (Lipinski definition) is 4. The van der Waals surface area contributed by atoms with Gasteiger partial charge < -0.3 is 5.32 Å². The highest BCUT2D eigenvalue weighted by molar-refractivity contribution is 5.28. The quantitative estimate of drug-likeness (QED) is 0.641. The molecule has 3 aromatic rings.